The molecule has 0 unspecified atom stereocenters. The summed E-state index contributed by atoms with van der Waals surface area (Å²) in [4.78, 5) is 11.1. The van der Waals surface area contributed by atoms with Gasteiger partial charge < -0.3 is 4.74 Å². The average Bonchev–Trinajstić information content (AvgIpc) is 2.48. The van der Waals surface area contributed by atoms with Gasteiger partial charge in [-0.1, -0.05) is 0 Å². The molecule has 0 aliphatic carbocycles. The molecular weight excluding hydrogens is 173 g/mol. The van der Waals surface area contributed by atoms with Crippen molar-refractivity contribution in [3.8, 4) is 11.8 Å². The van der Waals surface area contributed by atoms with Gasteiger partial charge in [0.15, 0.2) is 18.2 Å². The van der Waals surface area contributed by atoms with Crippen LogP contribution >= 0.6 is 0 Å². The van der Waals surface area contributed by atoms with Crippen LogP contribution in [0.15, 0.2) is 12.1 Å². The van der Waals surface area contributed by atoms with Crippen LogP contribution in [-0.2, 0) is 0 Å². The van der Waals surface area contributed by atoms with Crippen LogP contribution in [-0.4, -0.2) is 12.4 Å². The van der Waals surface area contributed by atoms with Crippen LogP contribution < -0.4 is 4.74 Å². The SMILES string of the molecule is N#Cc1cc(F)c2c(c1)C(=O)CO2. The van der Waals surface area contributed by atoms with Crippen LogP contribution in [0.5, 0.6) is 5.75 Å². The predicted octanol–water partition coefficient (Wildman–Crippen LogP) is 1.27. The lowest BCUT2D eigenvalue weighted by Gasteiger charge is -1.98. The van der Waals surface area contributed by atoms with Crippen molar-refractivity contribution in [3.05, 3.63) is 29.1 Å². The van der Waals surface area contributed by atoms with Crippen molar-refractivity contribution in [3.63, 3.8) is 0 Å². The van der Waals surface area contributed by atoms with Gasteiger partial charge in [-0.15, -0.1) is 0 Å². The molecule has 1 aromatic rings. The number of hydrogen-bond donors (Lipinski definition) is 0. The Hall–Kier alpha value is -1.89. The molecule has 1 aliphatic rings. The predicted molar refractivity (Wildman–Crippen MR) is 40.9 cm³/mol. The molecule has 0 radical (unpaired) electrons. The van der Waals surface area contributed by atoms with Gasteiger partial charge in [0.25, 0.3) is 0 Å². The number of ketones is 1. The van der Waals surface area contributed by atoms with Crippen LogP contribution in [0.3, 0.4) is 0 Å². The fourth-order valence-electron chi connectivity index (χ4n) is 1.23. The molecule has 0 saturated heterocycles. The van der Waals surface area contributed by atoms with Crippen molar-refractivity contribution in [2.45, 2.75) is 0 Å². The molecule has 1 aliphatic heterocycles. The quantitative estimate of drug-likeness (QED) is 0.599. The molecular formula is C9H4FNO2. The number of hydrogen-bond acceptors (Lipinski definition) is 3. The maximum absolute atomic E-state index is 13.1. The van der Waals surface area contributed by atoms with Gasteiger partial charge in [-0.3, -0.25) is 4.79 Å². The van der Waals surface area contributed by atoms with E-state index in [0.717, 1.165) is 6.07 Å². The Bertz CT molecular complexity index is 434. The van der Waals surface area contributed by atoms with Crippen LogP contribution in [0.4, 0.5) is 4.39 Å². The van der Waals surface area contributed by atoms with Crippen molar-refractivity contribution < 1.29 is 13.9 Å². The molecule has 1 aromatic carbocycles. The summed E-state index contributed by atoms with van der Waals surface area (Å²) in [7, 11) is 0. The number of halogens is 1. The Labute approximate surface area is 73.4 Å². The first kappa shape index (κ1) is 7.74. The van der Waals surface area contributed by atoms with Gasteiger partial charge in [-0.2, -0.15) is 5.26 Å². The third-order valence-corrected chi connectivity index (χ3v) is 1.82. The summed E-state index contributed by atoms with van der Waals surface area (Å²) in [5.74, 6) is -0.977. The van der Waals surface area contributed by atoms with E-state index < -0.39 is 5.82 Å². The van der Waals surface area contributed by atoms with Crippen molar-refractivity contribution in [2.24, 2.45) is 0 Å². The molecule has 0 aromatic heterocycles. The number of Topliss-reactive ketones (excluding diaryl/α,β-unsaturated/α-hetero) is 1. The van der Waals surface area contributed by atoms with Gasteiger partial charge in [0.05, 0.1) is 17.2 Å². The van der Waals surface area contributed by atoms with Crippen LogP contribution in [0, 0.1) is 17.1 Å². The molecule has 64 valence electrons. The number of nitriles is 1. The van der Waals surface area contributed by atoms with Crippen molar-refractivity contribution in [2.75, 3.05) is 6.61 Å². The lowest BCUT2D eigenvalue weighted by Crippen LogP contribution is -1.98. The molecule has 0 fully saturated rings. The van der Waals surface area contributed by atoms with Crippen molar-refractivity contribution in [1.82, 2.24) is 0 Å². The zero-order chi connectivity index (χ0) is 9.42. The monoisotopic (exact) mass is 177 g/mol. The molecule has 3 nitrogen and oxygen atoms in total. The van der Waals surface area contributed by atoms with E-state index in [4.69, 9.17) is 10.00 Å². The first-order valence-electron chi connectivity index (χ1n) is 3.62. The number of fused-ring (bicyclic) bond motifs is 1. The van der Waals surface area contributed by atoms with Gasteiger partial charge in [0, 0.05) is 0 Å². The normalized spacial score (nSPS) is 13.4. The molecule has 0 spiro atoms. The summed E-state index contributed by atoms with van der Waals surface area (Å²) < 4.78 is 17.9. The molecule has 0 amide bonds. The lowest BCUT2D eigenvalue weighted by atomic mass is 10.1. The summed E-state index contributed by atoms with van der Waals surface area (Å²) in [6.07, 6.45) is 0. The largest absolute Gasteiger partial charge is 0.482 e. The zero-order valence-corrected chi connectivity index (χ0v) is 6.50. The summed E-state index contributed by atoms with van der Waals surface area (Å²) in [6.45, 7) is -0.138. The summed E-state index contributed by atoms with van der Waals surface area (Å²) >= 11 is 0. The van der Waals surface area contributed by atoms with E-state index in [0.29, 0.717) is 0 Å². The van der Waals surface area contributed by atoms with Gasteiger partial charge in [0.1, 0.15) is 0 Å². The zero-order valence-electron chi connectivity index (χ0n) is 6.50. The number of carbonyl (C=O) groups is 1. The second kappa shape index (κ2) is 2.56. The minimum Gasteiger partial charge on any atom is -0.482 e. The summed E-state index contributed by atoms with van der Waals surface area (Å²) in [5, 5.41) is 8.51. The molecule has 0 saturated carbocycles. The molecule has 0 atom stereocenters. The van der Waals surface area contributed by atoms with E-state index in [2.05, 4.69) is 0 Å². The molecule has 1 heterocycles. The van der Waals surface area contributed by atoms with Gasteiger partial charge in [0.2, 0.25) is 5.78 Å². The van der Waals surface area contributed by atoms with Gasteiger partial charge in [-0.05, 0) is 12.1 Å². The fraction of sp³-hybridized carbons (Fsp3) is 0.111. The topological polar surface area (TPSA) is 50.1 Å². The number of nitrogens with zero attached hydrogens (tertiary/aromatic N) is 1. The Morgan fingerprint density at radius 3 is 3.00 bits per heavy atom. The summed E-state index contributed by atoms with van der Waals surface area (Å²) in [5.41, 5.74) is 0.298. The van der Waals surface area contributed by atoms with E-state index in [1.165, 1.54) is 6.07 Å². The maximum Gasteiger partial charge on any atom is 0.204 e. The Balaban J connectivity index is 2.68. The Morgan fingerprint density at radius 1 is 1.54 bits per heavy atom. The van der Waals surface area contributed by atoms with E-state index >= 15 is 0 Å². The highest BCUT2D eigenvalue weighted by Gasteiger charge is 2.25. The molecule has 0 bridgehead atoms. The highest BCUT2D eigenvalue weighted by molar-refractivity contribution is 6.02. The molecule has 2 rings (SSSR count). The lowest BCUT2D eigenvalue weighted by molar-refractivity contribution is 0.0960. The van der Waals surface area contributed by atoms with Crippen LogP contribution in [0.2, 0.25) is 0 Å². The van der Waals surface area contributed by atoms with Gasteiger partial charge >= 0.3 is 0 Å². The van der Waals surface area contributed by atoms with Gasteiger partial charge in [-0.25, -0.2) is 4.39 Å². The average molecular weight is 177 g/mol. The third kappa shape index (κ3) is 1.05. The fourth-order valence-corrected chi connectivity index (χ4v) is 1.23. The second-order valence-corrected chi connectivity index (χ2v) is 2.66. The van der Waals surface area contributed by atoms with Crippen LogP contribution in [0.25, 0.3) is 0 Å². The van der Waals surface area contributed by atoms with E-state index in [1.54, 1.807) is 6.07 Å². The first-order valence-corrected chi connectivity index (χ1v) is 3.62. The third-order valence-electron chi connectivity index (χ3n) is 1.82. The number of ether oxygens (including phenoxy) is 1. The first-order chi connectivity index (χ1) is 6.22. The standard InChI is InChI=1S/C9H4FNO2/c10-7-2-5(3-11)1-6-8(12)4-13-9(6)7/h1-2H,4H2. The molecule has 0 N–H and O–H groups in total. The summed E-state index contributed by atoms with van der Waals surface area (Å²) in [6, 6.07) is 4.16. The number of carbonyl (C=O) groups excluding carboxylic acids is 1. The highest BCUT2D eigenvalue weighted by Crippen LogP contribution is 2.29. The highest BCUT2D eigenvalue weighted by atomic mass is 19.1. The second-order valence-electron chi connectivity index (χ2n) is 2.66. The number of benzene rings is 1. The minimum absolute atomic E-state index is 0.0380. The van der Waals surface area contributed by atoms with E-state index in [9.17, 15) is 9.18 Å². The smallest absolute Gasteiger partial charge is 0.204 e. The van der Waals surface area contributed by atoms with E-state index in [-0.39, 0.29) is 29.3 Å². The molecule has 13 heavy (non-hydrogen) atoms. The Kier molecular flexibility index (Phi) is 1.52. The molecule has 4 heteroatoms. The number of rotatable bonds is 0. The van der Waals surface area contributed by atoms with Crippen LogP contribution in [0.1, 0.15) is 15.9 Å². The maximum atomic E-state index is 13.1. The van der Waals surface area contributed by atoms with Crippen molar-refractivity contribution >= 4 is 5.78 Å². The Morgan fingerprint density at radius 2 is 2.31 bits per heavy atom. The van der Waals surface area contributed by atoms with E-state index in [1.807, 2.05) is 0 Å². The van der Waals surface area contributed by atoms with Crippen molar-refractivity contribution in [1.29, 1.82) is 5.26 Å². The minimum atomic E-state index is -0.653.